The Bertz CT molecular complexity index is 1460. The van der Waals surface area contributed by atoms with Gasteiger partial charge < -0.3 is 5.32 Å². The smallest absolute Gasteiger partial charge is 0.228 e. The summed E-state index contributed by atoms with van der Waals surface area (Å²) in [5, 5.41) is 17.4. The molecule has 1 aliphatic heterocycles. The van der Waals surface area contributed by atoms with Crippen LogP contribution in [0.5, 0.6) is 0 Å². The SMILES string of the molecule is O=C1Cc2ccc(-c3ccc4nnc(Cc5ccc6ncccc6c5)n4n3)cc2N1. The quantitative estimate of drug-likeness (QED) is 0.508. The summed E-state index contributed by atoms with van der Waals surface area (Å²) in [6, 6.07) is 20.0. The molecule has 0 unspecified atom stereocenters. The fourth-order valence-electron chi connectivity index (χ4n) is 3.89. The zero-order valence-corrected chi connectivity index (χ0v) is 15.9. The van der Waals surface area contributed by atoms with Gasteiger partial charge in [0.05, 0.1) is 17.6 Å². The predicted molar refractivity (Wildman–Crippen MR) is 113 cm³/mol. The lowest BCUT2D eigenvalue weighted by molar-refractivity contribution is -0.115. The van der Waals surface area contributed by atoms with Crippen LogP contribution in [-0.2, 0) is 17.6 Å². The third-order valence-electron chi connectivity index (χ3n) is 5.39. The van der Waals surface area contributed by atoms with E-state index in [2.05, 4.69) is 38.7 Å². The zero-order chi connectivity index (χ0) is 20.1. The van der Waals surface area contributed by atoms with Gasteiger partial charge in [-0.2, -0.15) is 9.61 Å². The summed E-state index contributed by atoms with van der Waals surface area (Å²) in [5.41, 5.74) is 6.40. The highest BCUT2D eigenvalue weighted by Gasteiger charge is 2.18. The van der Waals surface area contributed by atoms with Gasteiger partial charge in [-0.05, 0) is 47.5 Å². The van der Waals surface area contributed by atoms with Crippen LogP contribution >= 0.6 is 0 Å². The van der Waals surface area contributed by atoms with Crippen molar-refractivity contribution in [3.05, 3.63) is 83.8 Å². The van der Waals surface area contributed by atoms with Gasteiger partial charge in [0.15, 0.2) is 11.5 Å². The Hall–Kier alpha value is -4.13. The van der Waals surface area contributed by atoms with Crippen molar-refractivity contribution in [3.63, 3.8) is 0 Å². The predicted octanol–water partition coefficient (Wildman–Crippen LogP) is 3.42. The van der Waals surface area contributed by atoms with Gasteiger partial charge in [0.2, 0.25) is 5.91 Å². The van der Waals surface area contributed by atoms with Crippen molar-refractivity contribution in [2.75, 3.05) is 5.32 Å². The van der Waals surface area contributed by atoms with Crippen molar-refractivity contribution in [2.24, 2.45) is 0 Å². The molecule has 30 heavy (non-hydrogen) atoms. The fourth-order valence-corrected chi connectivity index (χ4v) is 3.89. The van der Waals surface area contributed by atoms with Crippen molar-refractivity contribution in [1.82, 2.24) is 24.8 Å². The number of hydrogen-bond acceptors (Lipinski definition) is 5. The van der Waals surface area contributed by atoms with E-state index in [9.17, 15) is 4.79 Å². The zero-order valence-electron chi connectivity index (χ0n) is 15.9. The molecule has 4 heterocycles. The van der Waals surface area contributed by atoms with E-state index < -0.39 is 0 Å². The second-order valence-corrected chi connectivity index (χ2v) is 7.41. The molecular formula is C23H16N6O. The number of carbonyl (C=O) groups excluding carboxylic acids is 1. The number of anilines is 1. The maximum Gasteiger partial charge on any atom is 0.228 e. The van der Waals surface area contributed by atoms with Crippen molar-refractivity contribution in [1.29, 1.82) is 0 Å². The van der Waals surface area contributed by atoms with E-state index in [0.717, 1.165) is 44.8 Å². The van der Waals surface area contributed by atoms with Gasteiger partial charge in [-0.25, -0.2) is 0 Å². The van der Waals surface area contributed by atoms with Gasteiger partial charge in [0, 0.05) is 29.3 Å². The summed E-state index contributed by atoms with van der Waals surface area (Å²) in [6.07, 6.45) is 2.84. The molecule has 0 aliphatic carbocycles. The largest absolute Gasteiger partial charge is 0.326 e. The van der Waals surface area contributed by atoms with Crippen molar-refractivity contribution in [3.8, 4) is 11.3 Å². The first-order valence-electron chi connectivity index (χ1n) is 9.71. The number of nitrogens with zero attached hydrogens (tertiary/aromatic N) is 5. The molecule has 0 fully saturated rings. The molecule has 0 saturated heterocycles. The summed E-state index contributed by atoms with van der Waals surface area (Å²) in [7, 11) is 0. The Labute approximate surface area is 171 Å². The van der Waals surface area contributed by atoms with Crippen molar-refractivity contribution in [2.45, 2.75) is 12.8 Å². The number of amides is 1. The van der Waals surface area contributed by atoms with Gasteiger partial charge >= 0.3 is 0 Å². The topological polar surface area (TPSA) is 85.1 Å². The van der Waals surface area contributed by atoms with Crippen LogP contribution in [0.2, 0.25) is 0 Å². The van der Waals surface area contributed by atoms with Gasteiger partial charge in [-0.3, -0.25) is 9.78 Å². The van der Waals surface area contributed by atoms with Crippen LogP contribution < -0.4 is 5.32 Å². The molecule has 0 bridgehead atoms. The number of benzene rings is 2. The third kappa shape index (κ3) is 2.79. The molecule has 1 amide bonds. The summed E-state index contributed by atoms with van der Waals surface area (Å²) in [4.78, 5) is 16.0. The molecule has 0 saturated carbocycles. The maximum atomic E-state index is 11.6. The van der Waals surface area contributed by atoms with Gasteiger partial charge in [0.25, 0.3) is 0 Å². The molecule has 5 aromatic rings. The van der Waals surface area contributed by atoms with Crippen molar-refractivity contribution < 1.29 is 4.79 Å². The average molecular weight is 392 g/mol. The standard InChI is InChI=1S/C23H16N6O/c30-23-13-17-5-4-16(12-20(17)25-23)19-7-8-21-26-27-22(29(21)28-19)11-14-3-6-18-15(10-14)2-1-9-24-18/h1-10,12H,11,13H2,(H,25,30). The molecule has 7 nitrogen and oxygen atoms in total. The molecular weight excluding hydrogens is 376 g/mol. The van der Waals surface area contributed by atoms with Crippen LogP contribution in [-0.4, -0.2) is 30.7 Å². The van der Waals surface area contributed by atoms with E-state index in [1.54, 1.807) is 10.7 Å². The van der Waals surface area contributed by atoms with Crippen LogP contribution in [0, 0.1) is 0 Å². The number of carbonyl (C=O) groups is 1. The van der Waals surface area contributed by atoms with E-state index in [-0.39, 0.29) is 5.91 Å². The minimum Gasteiger partial charge on any atom is -0.326 e. The molecule has 2 aromatic carbocycles. The summed E-state index contributed by atoms with van der Waals surface area (Å²) >= 11 is 0. The Morgan fingerprint density at radius 1 is 1.00 bits per heavy atom. The number of hydrogen-bond donors (Lipinski definition) is 1. The molecule has 1 N–H and O–H groups in total. The van der Waals surface area contributed by atoms with Gasteiger partial charge in [-0.15, -0.1) is 10.2 Å². The van der Waals surface area contributed by atoms with E-state index in [1.807, 2.05) is 42.5 Å². The number of nitrogens with one attached hydrogen (secondary N) is 1. The molecule has 7 heteroatoms. The molecule has 0 radical (unpaired) electrons. The average Bonchev–Trinajstić information content (AvgIpc) is 3.35. The van der Waals surface area contributed by atoms with Crippen molar-refractivity contribution >= 4 is 28.1 Å². The Morgan fingerprint density at radius 3 is 2.93 bits per heavy atom. The molecule has 3 aromatic heterocycles. The number of rotatable bonds is 3. The Balaban J connectivity index is 1.38. The van der Waals surface area contributed by atoms with E-state index in [4.69, 9.17) is 5.10 Å². The second kappa shape index (κ2) is 6.45. The maximum absolute atomic E-state index is 11.6. The number of pyridine rings is 1. The molecule has 0 atom stereocenters. The van der Waals surface area contributed by atoms with Gasteiger partial charge in [-0.1, -0.05) is 24.3 Å². The molecule has 1 aliphatic rings. The van der Waals surface area contributed by atoms with Crippen LogP contribution in [0.3, 0.4) is 0 Å². The van der Waals surface area contributed by atoms with E-state index in [0.29, 0.717) is 18.5 Å². The van der Waals surface area contributed by atoms with Crippen LogP contribution in [0.25, 0.3) is 27.8 Å². The third-order valence-corrected chi connectivity index (χ3v) is 5.39. The normalized spacial score (nSPS) is 13.0. The summed E-state index contributed by atoms with van der Waals surface area (Å²) in [6.45, 7) is 0. The number of fused-ring (bicyclic) bond motifs is 3. The molecule has 6 rings (SSSR count). The highest BCUT2D eigenvalue weighted by molar-refractivity contribution is 5.99. The summed E-state index contributed by atoms with van der Waals surface area (Å²) < 4.78 is 1.79. The Kier molecular flexibility index (Phi) is 3.61. The van der Waals surface area contributed by atoms with E-state index in [1.165, 1.54) is 0 Å². The lowest BCUT2D eigenvalue weighted by Crippen LogP contribution is -2.03. The highest BCUT2D eigenvalue weighted by atomic mass is 16.1. The highest BCUT2D eigenvalue weighted by Crippen LogP contribution is 2.28. The molecule has 0 spiro atoms. The fraction of sp³-hybridized carbons (Fsp3) is 0.0870. The minimum atomic E-state index is 0.0252. The first-order chi connectivity index (χ1) is 14.7. The van der Waals surface area contributed by atoms with E-state index >= 15 is 0 Å². The van der Waals surface area contributed by atoms with Crippen LogP contribution in [0.15, 0.2) is 66.9 Å². The second-order valence-electron chi connectivity index (χ2n) is 7.41. The molecule has 144 valence electrons. The lowest BCUT2D eigenvalue weighted by atomic mass is 10.1. The van der Waals surface area contributed by atoms with Gasteiger partial charge in [0.1, 0.15) is 0 Å². The number of aromatic nitrogens is 5. The monoisotopic (exact) mass is 392 g/mol. The Morgan fingerprint density at radius 2 is 1.97 bits per heavy atom. The summed E-state index contributed by atoms with van der Waals surface area (Å²) in [5.74, 6) is 0.793. The van der Waals surface area contributed by atoms with Crippen LogP contribution in [0.1, 0.15) is 17.0 Å². The first-order valence-corrected chi connectivity index (χ1v) is 9.71. The first kappa shape index (κ1) is 16.8. The lowest BCUT2D eigenvalue weighted by Gasteiger charge is -2.06. The minimum absolute atomic E-state index is 0.0252. The van der Waals surface area contributed by atoms with Crippen LogP contribution in [0.4, 0.5) is 5.69 Å².